The minimum Gasteiger partial charge on any atom is -0.384 e. The summed E-state index contributed by atoms with van der Waals surface area (Å²) in [7, 11) is 0. The highest BCUT2D eigenvalue weighted by atomic mass is 16.2. The summed E-state index contributed by atoms with van der Waals surface area (Å²) in [5.74, 6) is 5.72. The van der Waals surface area contributed by atoms with Gasteiger partial charge < -0.3 is 10.4 Å². The Morgan fingerprint density at radius 1 is 1.42 bits per heavy atom. The summed E-state index contributed by atoms with van der Waals surface area (Å²) in [4.78, 5) is 12.1. The number of nitrogens with one attached hydrogen (secondary N) is 1. The van der Waals surface area contributed by atoms with Crippen LogP contribution in [0.15, 0.2) is 18.2 Å². The van der Waals surface area contributed by atoms with Gasteiger partial charge in [-0.15, -0.1) is 0 Å². The predicted molar refractivity (Wildman–Crippen MR) is 75.7 cm³/mol. The molecule has 100 valence electrons. The Hall–Kier alpha value is -1.79. The van der Waals surface area contributed by atoms with Gasteiger partial charge in [0.25, 0.3) is 0 Å². The highest BCUT2D eigenvalue weighted by molar-refractivity contribution is 5.94. The fourth-order valence-corrected chi connectivity index (χ4v) is 2.43. The van der Waals surface area contributed by atoms with E-state index in [-0.39, 0.29) is 18.4 Å². The van der Waals surface area contributed by atoms with Crippen LogP contribution in [-0.2, 0) is 4.79 Å². The van der Waals surface area contributed by atoms with Crippen LogP contribution in [0.1, 0.15) is 36.8 Å². The molecular formula is C16H19NO2. The molecule has 3 heteroatoms. The van der Waals surface area contributed by atoms with Crippen LogP contribution in [0.5, 0.6) is 0 Å². The molecule has 1 fully saturated rings. The molecule has 1 saturated carbocycles. The largest absolute Gasteiger partial charge is 0.384 e. The highest BCUT2D eigenvalue weighted by Gasteiger charge is 2.23. The van der Waals surface area contributed by atoms with E-state index < -0.39 is 0 Å². The lowest BCUT2D eigenvalue weighted by Crippen LogP contribution is -2.20. The minimum absolute atomic E-state index is 0.0927. The van der Waals surface area contributed by atoms with E-state index in [1.807, 2.05) is 25.1 Å². The molecule has 0 heterocycles. The quantitative estimate of drug-likeness (QED) is 0.800. The molecule has 0 saturated heterocycles. The zero-order valence-electron chi connectivity index (χ0n) is 11.2. The van der Waals surface area contributed by atoms with E-state index in [4.69, 9.17) is 5.11 Å². The number of hydrogen-bond acceptors (Lipinski definition) is 2. The molecule has 1 aliphatic rings. The maximum absolute atomic E-state index is 12.1. The number of aliphatic hydroxyl groups is 1. The second-order valence-corrected chi connectivity index (χ2v) is 4.98. The Bertz CT molecular complexity index is 519. The van der Waals surface area contributed by atoms with Gasteiger partial charge in [-0.25, -0.2) is 0 Å². The molecule has 1 aromatic carbocycles. The van der Waals surface area contributed by atoms with Crippen LogP contribution in [0.2, 0.25) is 0 Å². The number of hydrogen-bond donors (Lipinski definition) is 2. The van der Waals surface area contributed by atoms with Gasteiger partial charge in [0.2, 0.25) is 5.91 Å². The van der Waals surface area contributed by atoms with E-state index in [0.29, 0.717) is 0 Å². The van der Waals surface area contributed by atoms with Crippen molar-refractivity contribution in [1.29, 1.82) is 0 Å². The third kappa shape index (κ3) is 3.59. The first-order valence-corrected chi connectivity index (χ1v) is 6.72. The van der Waals surface area contributed by atoms with Gasteiger partial charge >= 0.3 is 0 Å². The number of carbonyl (C=O) groups excluding carboxylic acids is 1. The van der Waals surface area contributed by atoms with Crippen molar-refractivity contribution in [3.63, 3.8) is 0 Å². The number of carbonyl (C=O) groups is 1. The summed E-state index contributed by atoms with van der Waals surface area (Å²) in [5, 5.41) is 11.7. The van der Waals surface area contributed by atoms with Crippen molar-refractivity contribution in [2.75, 3.05) is 11.9 Å². The molecule has 0 atom stereocenters. The van der Waals surface area contributed by atoms with Crippen LogP contribution in [0.4, 0.5) is 5.69 Å². The summed E-state index contributed by atoms with van der Waals surface area (Å²) >= 11 is 0. The lowest BCUT2D eigenvalue weighted by Gasteiger charge is -2.12. The molecular weight excluding hydrogens is 238 g/mol. The molecule has 0 unspecified atom stereocenters. The lowest BCUT2D eigenvalue weighted by molar-refractivity contribution is -0.119. The van der Waals surface area contributed by atoms with Crippen molar-refractivity contribution >= 4 is 11.6 Å². The molecule has 2 rings (SSSR count). The maximum Gasteiger partial charge on any atom is 0.227 e. The van der Waals surface area contributed by atoms with Crippen LogP contribution < -0.4 is 5.32 Å². The van der Waals surface area contributed by atoms with Gasteiger partial charge in [0.15, 0.2) is 0 Å². The first-order chi connectivity index (χ1) is 9.20. The number of aliphatic hydroxyl groups excluding tert-OH is 1. The van der Waals surface area contributed by atoms with Gasteiger partial charge in [0.1, 0.15) is 6.61 Å². The van der Waals surface area contributed by atoms with Gasteiger partial charge in [-0.3, -0.25) is 4.79 Å². The van der Waals surface area contributed by atoms with Crippen molar-refractivity contribution in [2.24, 2.45) is 5.92 Å². The number of benzene rings is 1. The lowest BCUT2D eigenvalue weighted by atomic mass is 10.1. The summed E-state index contributed by atoms with van der Waals surface area (Å²) < 4.78 is 0. The van der Waals surface area contributed by atoms with Gasteiger partial charge in [-0.2, -0.15) is 0 Å². The van der Waals surface area contributed by atoms with E-state index in [0.717, 1.165) is 42.5 Å². The van der Waals surface area contributed by atoms with Crippen molar-refractivity contribution in [1.82, 2.24) is 0 Å². The molecule has 1 aromatic rings. The number of amides is 1. The molecule has 0 spiro atoms. The molecule has 19 heavy (non-hydrogen) atoms. The standard InChI is InChI=1S/C16H19NO2/c1-12-8-9-13(7-4-10-18)15(11-12)17-16(19)14-5-2-3-6-14/h8-9,11,14,18H,2-3,5-6,10H2,1H3,(H,17,19). The zero-order valence-corrected chi connectivity index (χ0v) is 11.2. The third-order valence-electron chi connectivity index (χ3n) is 3.46. The van der Waals surface area contributed by atoms with Crippen LogP contribution in [-0.4, -0.2) is 17.6 Å². The van der Waals surface area contributed by atoms with Gasteiger partial charge in [-0.05, 0) is 37.5 Å². The minimum atomic E-state index is -0.177. The Labute approximate surface area is 114 Å². The smallest absolute Gasteiger partial charge is 0.227 e. The highest BCUT2D eigenvalue weighted by Crippen LogP contribution is 2.27. The topological polar surface area (TPSA) is 49.3 Å². The van der Waals surface area contributed by atoms with E-state index >= 15 is 0 Å². The number of anilines is 1. The Kier molecular flexibility index (Phi) is 4.59. The second-order valence-electron chi connectivity index (χ2n) is 4.98. The molecule has 2 N–H and O–H groups in total. The normalized spacial score (nSPS) is 14.8. The number of rotatable bonds is 2. The summed E-state index contributed by atoms with van der Waals surface area (Å²) in [6.45, 7) is 1.80. The first-order valence-electron chi connectivity index (χ1n) is 6.72. The Morgan fingerprint density at radius 2 is 2.16 bits per heavy atom. The maximum atomic E-state index is 12.1. The SMILES string of the molecule is Cc1ccc(C#CCO)c(NC(=O)C2CCCC2)c1. The zero-order chi connectivity index (χ0) is 13.7. The van der Waals surface area contributed by atoms with E-state index in [9.17, 15) is 4.79 Å². The summed E-state index contributed by atoms with van der Waals surface area (Å²) in [6.07, 6.45) is 4.25. The van der Waals surface area contributed by atoms with Crippen LogP contribution in [0.3, 0.4) is 0 Å². The van der Waals surface area contributed by atoms with Crippen molar-refractivity contribution in [3.8, 4) is 11.8 Å². The van der Waals surface area contributed by atoms with Crippen molar-refractivity contribution in [2.45, 2.75) is 32.6 Å². The van der Waals surface area contributed by atoms with Gasteiger partial charge in [0, 0.05) is 11.5 Å². The first kappa shape index (κ1) is 13.6. The fourth-order valence-electron chi connectivity index (χ4n) is 2.43. The molecule has 1 aliphatic carbocycles. The van der Waals surface area contributed by atoms with Crippen LogP contribution in [0, 0.1) is 24.7 Å². The average molecular weight is 257 g/mol. The van der Waals surface area contributed by atoms with E-state index in [1.54, 1.807) is 0 Å². The van der Waals surface area contributed by atoms with Crippen molar-refractivity contribution in [3.05, 3.63) is 29.3 Å². The third-order valence-corrected chi connectivity index (χ3v) is 3.46. The molecule has 0 aromatic heterocycles. The number of aryl methyl sites for hydroxylation is 1. The predicted octanol–water partition coefficient (Wildman–Crippen LogP) is 2.47. The Balaban J connectivity index is 2.17. The second kappa shape index (κ2) is 6.40. The molecule has 1 amide bonds. The summed E-state index contributed by atoms with van der Waals surface area (Å²) in [5.41, 5.74) is 2.58. The molecule has 0 aliphatic heterocycles. The van der Waals surface area contributed by atoms with Crippen molar-refractivity contribution < 1.29 is 9.90 Å². The average Bonchev–Trinajstić information content (AvgIpc) is 2.92. The van der Waals surface area contributed by atoms with Gasteiger partial charge in [-0.1, -0.05) is 30.7 Å². The molecule has 0 bridgehead atoms. The summed E-state index contributed by atoms with van der Waals surface area (Å²) in [6, 6.07) is 5.75. The Morgan fingerprint density at radius 3 is 2.84 bits per heavy atom. The van der Waals surface area contributed by atoms with Gasteiger partial charge in [0.05, 0.1) is 5.69 Å². The van der Waals surface area contributed by atoms with Crippen LogP contribution in [0.25, 0.3) is 0 Å². The fraction of sp³-hybridized carbons (Fsp3) is 0.438. The monoisotopic (exact) mass is 257 g/mol. The van der Waals surface area contributed by atoms with E-state index in [2.05, 4.69) is 17.2 Å². The molecule has 0 radical (unpaired) electrons. The molecule has 3 nitrogen and oxygen atoms in total. The van der Waals surface area contributed by atoms with E-state index in [1.165, 1.54) is 0 Å². The van der Waals surface area contributed by atoms with Crippen LogP contribution >= 0.6 is 0 Å².